The minimum atomic E-state index is 0.545. The van der Waals surface area contributed by atoms with Crippen LogP contribution in [0.3, 0.4) is 0 Å². The molecule has 1 unspecified atom stereocenters. The molecule has 0 bridgehead atoms. The van der Waals surface area contributed by atoms with E-state index in [0.717, 1.165) is 31.2 Å². The van der Waals surface area contributed by atoms with Crippen LogP contribution in [0.25, 0.3) is 0 Å². The highest BCUT2D eigenvalue weighted by atomic mass is 32.1. The van der Waals surface area contributed by atoms with Crippen molar-refractivity contribution in [3.8, 4) is 0 Å². The Morgan fingerprint density at radius 3 is 2.70 bits per heavy atom. The summed E-state index contributed by atoms with van der Waals surface area (Å²) in [6, 6.07) is 8.40. The van der Waals surface area contributed by atoms with E-state index in [1.807, 2.05) is 17.4 Å². The molecule has 20 heavy (non-hydrogen) atoms. The third-order valence-corrected chi connectivity index (χ3v) is 4.46. The van der Waals surface area contributed by atoms with Gasteiger partial charge in [0.15, 0.2) is 0 Å². The van der Waals surface area contributed by atoms with Gasteiger partial charge in [0.1, 0.15) is 5.76 Å². The van der Waals surface area contributed by atoms with Crippen LogP contribution in [0.2, 0.25) is 0 Å². The fraction of sp³-hybridized carbons (Fsp3) is 0.529. The second-order valence-electron chi connectivity index (χ2n) is 5.73. The largest absolute Gasteiger partial charge is 0.469 e. The zero-order chi connectivity index (χ0) is 14.2. The van der Waals surface area contributed by atoms with Crippen LogP contribution in [0.1, 0.15) is 49.7 Å². The molecule has 0 aliphatic heterocycles. The minimum absolute atomic E-state index is 0.545. The average molecular weight is 291 g/mol. The summed E-state index contributed by atoms with van der Waals surface area (Å²) in [7, 11) is 0. The lowest BCUT2D eigenvalue weighted by Gasteiger charge is -2.16. The molecule has 0 amide bonds. The van der Waals surface area contributed by atoms with Crippen LogP contribution < -0.4 is 5.32 Å². The van der Waals surface area contributed by atoms with Gasteiger partial charge in [-0.05, 0) is 48.9 Å². The smallest absolute Gasteiger partial charge is 0.106 e. The zero-order valence-electron chi connectivity index (χ0n) is 12.5. The van der Waals surface area contributed by atoms with E-state index in [1.165, 1.54) is 17.7 Å². The molecule has 0 saturated carbocycles. The maximum Gasteiger partial charge on any atom is 0.106 e. The highest BCUT2D eigenvalue weighted by Gasteiger charge is 2.14. The molecule has 1 atom stereocenters. The van der Waals surface area contributed by atoms with E-state index in [2.05, 4.69) is 42.7 Å². The molecule has 110 valence electrons. The normalized spacial score (nSPS) is 12.9. The standard InChI is InChI=1S/C17H25NOS/c1-14(2)7-8-15(17-6-3-11-19-17)9-10-18-13-16-5-4-12-20-16/h3-6,11-12,14-15,18H,7-10,13H2,1-2H3. The molecule has 0 saturated heterocycles. The van der Waals surface area contributed by atoms with Crippen molar-refractivity contribution in [2.45, 2.75) is 45.6 Å². The Balaban J connectivity index is 1.75. The van der Waals surface area contributed by atoms with Gasteiger partial charge >= 0.3 is 0 Å². The predicted molar refractivity (Wildman–Crippen MR) is 86.2 cm³/mol. The van der Waals surface area contributed by atoms with Crippen LogP contribution in [0.15, 0.2) is 40.3 Å². The lowest BCUT2D eigenvalue weighted by molar-refractivity contribution is 0.397. The molecule has 1 N–H and O–H groups in total. The number of furan rings is 1. The van der Waals surface area contributed by atoms with Gasteiger partial charge in [-0.2, -0.15) is 0 Å². The van der Waals surface area contributed by atoms with Crippen LogP contribution >= 0.6 is 11.3 Å². The Morgan fingerprint density at radius 1 is 1.15 bits per heavy atom. The Morgan fingerprint density at radius 2 is 2.05 bits per heavy atom. The van der Waals surface area contributed by atoms with E-state index in [9.17, 15) is 0 Å². The number of hydrogen-bond donors (Lipinski definition) is 1. The van der Waals surface area contributed by atoms with Gasteiger partial charge in [-0.1, -0.05) is 26.3 Å². The van der Waals surface area contributed by atoms with Gasteiger partial charge < -0.3 is 9.73 Å². The first-order valence-corrected chi connectivity index (χ1v) is 8.40. The van der Waals surface area contributed by atoms with Gasteiger partial charge in [-0.25, -0.2) is 0 Å². The Hall–Kier alpha value is -1.06. The van der Waals surface area contributed by atoms with Crippen molar-refractivity contribution < 1.29 is 4.42 Å². The van der Waals surface area contributed by atoms with Crippen molar-refractivity contribution in [2.24, 2.45) is 5.92 Å². The Labute approximate surface area is 126 Å². The molecule has 0 aromatic carbocycles. The fourth-order valence-corrected chi connectivity index (χ4v) is 3.06. The molecule has 0 spiro atoms. The summed E-state index contributed by atoms with van der Waals surface area (Å²) in [5, 5.41) is 5.67. The third-order valence-electron chi connectivity index (χ3n) is 3.59. The summed E-state index contributed by atoms with van der Waals surface area (Å²) in [6.07, 6.45) is 5.41. The van der Waals surface area contributed by atoms with Crippen molar-refractivity contribution in [2.75, 3.05) is 6.54 Å². The van der Waals surface area contributed by atoms with Crippen LogP contribution in [0.5, 0.6) is 0 Å². The molecule has 2 rings (SSSR count). The van der Waals surface area contributed by atoms with Crippen molar-refractivity contribution in [3.63, 3.8) is 0 Å². The minimum Gasteiger partial charge on any atom is -0.469 e. The number of rotatable bonds is 9. The second-order valence-corrected chi connectivity index (χ2v) is 6.76. The van der Waals surface area contributed by atoms with E-state index in [1.54, 1.807) is 6.26 Å². The summed E-state index contributed by atoms with van der Waals surface area (Å²) in [5.74, 6) is 2.44. The zero-order valence-corrected chi connectivity index (χ0v) is 13.3. The fourth-order valence-electron chi connectivity index (χ4n) is 2.39. The summed E-state index contributed by atoms with van der Waals surface area (Å²) < 4.78 is 5.61. The number of nitrogens with one attached hydrogen (secondary N) is 1. The average Bonchev–Trinajstić information content (AvgIpc) is 3.10. The van der Waals surface area contributed by atoms with Crippen molar-refractivity contribution >= 4 is 11.3 Å². The number of thiophene rings is 1. The van der Waals surface area contributed by atoms with Crippen molar-refractivity contribution in [3.05, 3.63) is 46.5 Å². The lowest BCUT2D eigenvalue weighted by Crippen LogP contribution is -2.17. The Bertz CT molecular complexity index is 447. The van der Waals surface area contributed by atoms with Crippen molar-refractivity contribution in [1.82, 2.24) is 5.32 Å². The molecule has 3 heteroatoms. The van der Waals surface area contributed by atoms with Gasteiger partial charge in [0.2, 0.25) is 0 Å². The molecule has 0 radical (unpaired) electrons. The van der Waals surface area contributed by atoms with Gasteiger partial charge in [-0.15, -0.1) is 11.3 Å². The van der Waals surface area contributed by atoms with Gasteiger partial charge in [-0.3, -0.25) is 0 Å². The van der Waals surface area contributed by atoms with Crippen LogP contribution in [-0.2, 0) is 6.54 Å². The first kappa shape index (κ1) is 15.3. The lowest BCUT2D eigenvalue weighted by atomic mass is 9.93. The van der Waals surface area contributed by atoms with Crippen molar-refractivity contribution in [1.29, 1.82) is 0 Å². The third kappa shape index (κ3) is 5.14. The maximum atomic E-state index is 5.61. The first-order chi connectivity index (χ1) is 9.75. The highest BCUT2D eigenvalue weighted by Crippen LogP contribution is 2.26. The summed E-state index contributed by atoms with van der Waals surface area (Å²) in [4.78, 5) is 1.40. The first-order valence-electron chi connectivity index (χ1n) is 7.52. The molecule has 0 fully saturated rings. The van der Waals surface area contributed by atoms with E-state index in [4.69, 9.17) is 4.42 Å². The molecule has 2 nitrogen and oxygen atoms in total. The monoisotopic (exact) mass is 291 g/mol. The van der Waals surface area contributed by atoms with E-state index < -0.39 is 0 Å². The predicted octanol–water partition coefficient (Wildman–Crippen LogP) is 5.04. The highest BCUT2D eigenvalue weighted by molar-refractivity contribution is 7.09. The second kappa shape index (κ2) is 8.28. The van der Waals surface area contributed by atoms with Crippen LogP contribution in [0.4, 0.5) is 0 Å². The SMILES string of the molecule is CC(C)CCC(CCNCc1cccs1)c1ccco1. The quantitative estimate of drug-likeness (QED) is 0.655. The van der Waals surface area contributed by atoms with E-state index in [-0.39, 0.29) is 0 Å². The van der Waals surface area contributed by atoms with Gasteiger partial charge in [0.25, 0.3) is 0 Å². The van der Waals surface area contributed by atoms with Crippen LogP contribution in [-0.4, -0.2) is 6.54 Å². The maximum absolute atomic E-state index is 5.61. The summed E-state index contributed by atoms with van der Waals surface area (Å²) in [6.45, 7) is 6.59. The Kier molecular flexibility index (Phi) is 6.34. The molecule has 0 aliphatic carbocycles. The van der Waals surface area contributed by atoms with E-state index >= 15 is 0 Å². The van der Waals surface area contributed by atoms with E-state index in [0.29, 0.717) is 5.92 Å². The van der Waals surface area contributed by atoms with Gasteiger partial charge in [0, 0.05) is 17.3 Å². The summed E-state index contributed by atoms with van der Waals surface area (Å²) >= 11 is 1.81. The summed E-state index contributed by atoms with van der Waals surface area (Å²) in [5.41, 5.74) is 0. The van der Waals surface area contributed by atoms with Crippen LogP contribution in [0, 0.1) is 5.92 Å². The molecular weight excluding hydrogens is 266 g/mol. The molecule has 0 aliphatic rings. The topological polar surface area (TPSA) is 25.2 Å². The molecule has 2 aromatic rings. The molecule has 2 aromatic heterocycles. The number of hydrogen-bond acceptors (Lipinski definition) is 3. The molecular formula is C17H25NOS. The molecule has 2 heterocycles. The van der Waals surface area contributed by atoms with Gasteiger partial charge in [0.05, 0.1) is 6.26 Å².